The Balaban J connectivity index is 2.04. The number of rotatable bonds is 3. The predicted molar refractivity (Wildman–Crippen MR) is 73.2 cm³/mol. The number of amides is 1. The molecule has 2 aromatic rings. The van der Waals surface area contributed by atoms with E-state index in [1.807, 2.05) is 30.3 Å². The van der Waals surface area contributed by atoms with E-state index in [0.29, 0.717) is 5.75 Å². The van der Waals surface area contributed by atoms with Crippen molar-refractivity contribution in [3.63, 3.8) is 0 Å². The number of hydrogen-bond donors (Lipinski definition) is 1. The van der Waals surface area contributed by atoms with Gasteiger partial charge in [0.05, 0.1) is 6.61 Å². The summed E-state index contributed by atoms with van der Waals surface area (Å²) in [7, 11) is 1.65. The quantitative estimate of drug-likeness (QED) is 0.919. The van der Waals surface area contributed by atoms with E-state index in [1.165, 1.54) is 4.90 Å². The van der Waals surface area contributed by atoms with Gasteiger partial charge in [-0.2, -0.15) is 0 Å². The van der Waals surface area contributed by atoms with Gasteiger partial charge < -0.3 is 9.84 Å². The van der Waals surface area contributed by atoms with Crippen LogP contribution in [0.1, 0.15) is 5.56 Å². The normalized spacial score (nSPS) is 10.0. The standard InChI is InChI=1S/C15H15NO3/c1-16(13-5-3-2-4-6-13)15(18)19-14-9-7-12(11-17)8-10-14/h2-10,17H,11H2,1H3. The third-order valence-electron chi connectivity index (χ3n) is 2.73. The summed E-state index contributed by atoms with van der Waals surface area (Å²) in [6, 6.07) is 16.0. The van der Waals surface area contributed by atoms with Crippen LogP contribution in [0.25, 0.3) is 0 Å². The average Bonchev–Trinajstić information content (AvgIpc) is 2.48. The maximum atomic E-state index is 11.9. The van der Waals surface area contributed by atoms with E-state index in [2.05, 4.69) is 0 Å². The molecule has 0 bridgehead atoms. The van der Waals surface area contributed by atoms with Crippen LogP contribution in [0.3, 0.4) is 0 Å². The lowest BCUT2D eigenvalue weighted by atomic mass is 10.2. The molecular weight excluding hydrogens is 242 g/mol. The lowest BCUT2D eigenvalue weighted by Crippen LogP contribution is -2.29. The molecule has 0 fully saturated rings. The summed E-state index contributed by atoms with van der Waals surface area (Å²) in [5.41, 5.74) is 1.54. The SMILES string of the molecule is CN(C(=O)Oc1ccc(CO)cc1)c1ccccc1. The molecule has 0 radical (unpaired) electrons. The van der Waals surface area contributed by atoms with Crippen LogP contribution in [0.5, 0.6) is 5.75 Å². The topological polar surface area (TPSA) is 49.8 Å². The Morgan fingerprint density at radius 1 is 1.11 bits per heavy atom. The highest BCUT2D eigenvalue weighted by molar-refractivity contribution is 5.88. The second-order valence-corrected chi connectivity index (χ2v) is 4.06. The van der Waals surface area contributed by atoms with Gasteiger partial charge >= 0.3 is 6.09 Å². The lowest BCUT2D eigenvalue weighted by Gasteiger charge is -2.16. The summed E-state index contributed by atoms with van der Waals surface area (Å²) in [4.78, 5) is 13.4. The molecule has 2 aromatic carbocycles. The molecule has 0 aliphatic rings. The molecule has 4 nitrogen and oxygen atoms in total. The molecule has 0 aliphatic heterocycles. The first-order valence-electron chi connectivity index (χ1n) is 5.91. The van der Waals surface area contributed by atoms with E-state index < -0.39 is 6.09 Å². The number of aliphatic hydroxyl groups excluding tert-OH is 1. The number of ether oxygens (including phenoxy) is 1. The number of nitrogens with zero attached hydrogens (tertiary/aromatic N) is 1. The van der Waals surface area contributed by atoms with Crippen LogP contribution in [0, 0.1) is 0 Å². The maximum absolute atomic E-state index is 11.9. The smallest absolute Gasteiger partial charge is 0.410 e. The highest BCUT2D eigenvalue weighted by atomic mass is 16.6. The van der Waals surface area contributed by atoms with Gasteiger partial charge in [0.25, 0.3) is 0 Å². The zero-order chi connectivity index (χ0) is 13.7. The molecule has 0 unspecified atom stereocenters. The summed E-state index contributed by atoms with van der Waals surface area (Å²) < 4.78 is 5.24. The number of aliphatic hydroxyl groups is 1. The number of benzene rings is 2. The fourth-order valence-electron chi connectivity index (χ4n) is 1.59. The summed E-state index contributed by atoms with van der Waals surface area (Å²) >= 11 is 0. The van der Waals surface area contributed by atoms with E-state index in [0.717, 1.165) is 11.3 Å². The van der Waals surface area contributed by atoms with Gasteiger partial charge in [-0.1, -0.05) is 30.3 Å². The second-order valence-electron chi connectivity index (χ2n) is 4.06. The van der Waals surface area contributed by atoms with Crippen molar-refractivity contribution in [1.29, 1.82) is 0 Å². The summed E-state index contributed by atoms with van der Waals surface area (Å²) in [5, 5.41) is 8.93. The highest BCUT2D eigenvalue weighted by Gasteiger charge is 2.12. The summed E-state index contributed by atoms with van der Waals surface area (Å²) in [5.74, 6) is 0.449. The van der Waals surface area contributed by atoms with Crippen molar-refractivity contribution in [3.8, 4) is 5.75 Å². The zero-order valence-corrected chi connectivity index (χ0v) is 10.6. The van der Waals surface area contributed by atoms with Crippen molar-refractivity contribution in [2.24, 2.45) is 0 Å². The Hall–Kier alpha value is -2.33. The average molecular weight is 257 g/mol. The van der Waals surface area contributed by atoms with Crippen LogP contribution in [0.4, 0.5) is 10.5 Å². The van der Waals surface area contributed by atoms with Gasteiger partial charge in [-0.05, 0) is 29.8 Å². The number of carbonyl (C=O) groups is 1. The Morgan fingerprint density at radius 3 is 2.32 bits per heavy atom. The molecule has 0 heterocycles. The van der Waals surface area contributed by atoms with Crippen LogP contribution in [-0.2, 0) is 6.61 Å². The second kappa shape index (κ2) is 6.02. The highest BCUT2D eigenvalue weighted by Crippen LogP contribution is 2.16. The van der Waals surface area contributed by atoms with E-state index in [1.54, 1.807) is 31.3 Å². The van der Waals surface area contributed by atoms with Gasteiger partial charge in [0, 0.05) is 12.7 Å². The van der Waals surface area contributed by atoms with E-state index >= 15 is 0 Å². The molecule has 2 rings (SSSR count). The van der Waals surface area contributed by atoms with E-state index in [4.69, 9.17) is 9.84 Å². The fourth-order valence-corrected chi connectivity index (χ4v) is 1.59. The Kier molecular flexibility index (Phi) is 4.15. The molecular formula is C15H15NO3. The molecule has 4 heteroatoms. The molecule has 0 aliphatic carbocycles. The fraction of sp³-hybridized carbons (Fsp3) is 0.133. The predicted octanol–water partition coefficient (Wildman–Crippen LogP) is 2.81. The summed E-state index contributed by atoms with van der Waals surface area (Å²) in [6.07, 6.45) is -0.456. The third-order valence-corrected chi connectivity index (χ3v) is 2.73. The summed E-state index contributed by atoms with van der Waals surface area (Å²) in [6.45, 7) is -0.0296. The zero-order valence-electron chi connectivity index (χ0n) is 10.6. The van der Waals surface area contributed by atoms with Gasteiger partial charge in [0.1, 0.15) is 5.75 Å². The Labute approximate surface area is 111 Å². The first-order valence-corrected chi connectivity index (χ1v) is 5.91. The van der Waals surface area contributed by atoms with Gasteiger partial charge in [0.15, 0.2) is 0 Å². The molecule has 0 atom stereocenters. The van der Waals surface area contributed by atoms with Crippen LogP contribution < -0.4 is 9.64 Å². The number of hydrogen-bond acceptors (Lipinski definition) is 3. The van der Waals surface area contributed by atoms with E-state index in [9.17, 15) is 4.79 Å². The largest absolute Gasteiger partial charge is 0.419 e. The molecule has 19 heavy (non-hydrogen) atoms. The van der Waals surface area contributed by atoms with E-state index in [-0.39, 0.29) is 6.61 Å². The Bertz CT molecular complexity index is 537. The minimum Gasteiger partial charge on any atom is -0.410 e. The van der Waals surface area contributed by atoms with Crippen LogP contribution >= 0.6 is 0 Å². The number of para-hydroxylation sites is 1. The van der Waals surface area contributed by atoms with Crippen molar-refractivity contribution >= 4 is 11.8 Å². The van der Waals surface area contributed by atoms with Crippen molar-refractivity contribution in [1.82, 2.24) is 0 Å². The van der Waals surface area contributed by atoms with Crippen LogP contribution in [0.15, 0.2) is 54.6 Å². The Morgan fingerprint density at radius 2 is 1.74 bits per heavy atom. The minimum atomic E-state index is -0.456. The molecule has 0 aromatic heterocycles. The number of anilines is 1. The minimum absolute atomic E-state index is 0.0296. The molecule has 0 saturated heterocycles. The van der Waals surface area contributed by atoms with Crippen molar-refractivity contribution < 1.29 is 14.6 Å². The molecule has 0 spiro atoms. The van der Waals surface area contributed by atoms with Gasteiger partial charge in [0.2, 0.25) is 0 Å². The molecule has 0 saturated carbocycles. The van der Waals surface area contributed by atoms with Crippen LogP contribution in [0.2, 0.25) is 0 Å². The molecule has 1 N–H and O–H groups in total. The van der Waals surface area contributed by atoms with Gasteiger partial charge in [-0.25, -0.2) is 4.79 Å². The van der Waals surface area contributed by atoms with Gasteiger partial charge in [-0.3, -0.25) is 4.90 Å². The van der Waals surface area contributed by atoms with Crippen molar-refractivity contribution in [2.75, 3.05) is 11.9 Å². The van der Waals surface area contributed by atoms with Crippen molar-refractivity contribution in [2.45, 2.75) is 6.61 Å². The van der Waals surface area contributed by atoms with Crippen molar-refractivity contribution in [3.05, 3.63) is 60.2 Å². The lowest BCUT2D eigenvalue weighted by molar-refractivity contribution is 0.209. The molecule has 1 amide bonds. The first-order chi connectivity index (χ1) is 9.20. The van der Waals surface area contributed by atoms with Gasteiger partial charge in [-0.15, -0.1) is 0 Å². The monoisotopic (exact) mass is 257 g/mol. The number of carbonyl (C=O) groups excluding carboxylic acids is 1. The molecule has 98 valence electrons. The third kappa shape index (κ3) is 3.33. The maximum Gasteiger partial charge on any atom is 0.419 e. The van der Waals surface area contributed by atoms with Crippen LogP contribution in [-0.4, -0.2) is 18.2 Å². The first kappa shape index (κ1) is 13.1.